The van der Waals surface area contributed by atoms with E-state index in [2.05, 4.69) is 46.7 Å². The summed E-state index contributed by atoms with van der Waals surface area (Å²) >= 11 is 0. The number of hydrogen-bond donors (Lipinski definition) is 2. The van der Waals surface area contributed by atoms with Crippen LogP contribution in [-0.2, 0) is 5.41 Å². The number of ether oxygens (including phenoxy) is 1. The molecule has 36 heavy (non-hydrogen) atoms. The van der Waals surface area contributed by atoms with Crippen LogP contribution in [0.25, 0.3) is 0 Å². The van der Waals surface area contributed by atoms with Crippen LogP contribution in [0.2, 0.25) is 0 Å². The maximum Gasteiger partial charge on any atom is 0.251 e. The molecule has 4 atom stereocenters. The summed E-state index contributed by atoms with van der Waals surface area (Å²) in [6.45, 7) is 5.61. The maximum absolute atomic E-state index is 12.6. The fourth-order valence-electron chi connectivity index (χ4n) is 6.23. The SMILES string of the molecule is CC(Oc1ccc([C@]2(c3ccc(C(=O)NCC(C)(C)O)cc3)C[C@@H]3CC[C@H]2C3)cc1)c1ccccn1. The molecule has 1 heterocycles. The van der Waals surface area contributed by atoms with E-state index in [4.69, 9.17) is 4.74 Å². The number of nitrogens with zero attached hydrogens (tertiary/aromatic N) is 1. The van der Waals surface area contributed by atoms with Gasteiger partial charge >= 0.3 is 0 Å². The average Bonchev–Trinajstić information content (AvgIpc) is 3.50. The second-order valence-electron chi connectivity index (χ2n) is 11.2. The Labute approximate surface area is 213 Å². The summed E-state index contributed by atoms with van der Waals surface area (Å²) in [4.78, 5) is 17.0. The van der Waals surface area contributed by atoms with E-state index < -0.39 is 5.60 Å². The Balaban J connectivity index is 1.38. The third kappa shape index (κ3) is 4.90. The summed E-state index contributed by atoms with van der Waals surface area (Å²) in [5.41, 5.74) is 3.17. The minimum absolute atomic E-state index is 0.0316. The number of carbonyl (C=O) groups excluding carboxylic acids is 1. The molecule has 2 N–H and O–H groups in total. The van der Waals surface area contributed by atoms with Gasteiger partial charge in [0.1, 0.15) is 11.9 Å². The fourth-order valence-corrected chi connectivity index (χ4v) is 6.23. The van der Waals surface area contributed by atoms with Gasteiger partial charge in [0.2, 0.25) is 0 Å². The molecule has 5 heteroatoms. The lowest BCUT2D eigenvalue weighted by Crippen LogP contribution is -2.38. The molecule has 2 aliphatic rings. The lowest BCUT2D eigenvalue weighted by Gasteiger charge is -2.39. The number of carbonyl (C=O) groups is 1. The molecule has 0 saturated heterocycles. The predicted octanol–water partition coefficient (Wildman–Crippen LogP) is 5.83. The van der Waals surface area contributed by atoms with Gasteiger partial charge in [-0.2, -0.15) is 0 Å². The molecule has 5 nitrogen and oxygen atoms in total. The van der Waals surface area contributed by atoms with Crippen molar-refractivity contribution in [1.29, 1.82) is 0 Å². The van der Waals surface area contributed by atoms with E-state index in [0.29, 0.717) is 11.5 Å². The van der Waals surface area contributed by atoms with Crippen molar-refractivity contribution in [3.05, 3.63) is 95.3 Å². The monoisotopic (exact) mass is 484 g/mol. The second kappa shape index (κ2) is 9.70. The van der Waals surface area contributed by atoms with Gasteiger partial charge in [-0.25, -0.2) is 0 Å². The van der Waals surface area contributed by atoms with Crippen LogP contribution in [0, 0.1) is 11.8 Å². The average molecular weight is 485 g/mol. The number of nitrogens with one attached hydrogen (secondary N) is 1. The lowest BCUT2D eigenvalue weighted by molar-refractivity contribution is 0.0694. The number of rotatable bonds is 8. The van der Waals surface area contributed by atoms with Crippen molar-refractivity contribution in [2.45, 2.75) is 63.6 Å². The van der Waals surface area contributed by atoms with E-state index >= 15 is 0 Å². The van der Waals surface area contributed by atoms with Crippen molar-refractivity contribution in [3.8, 4) is 5.75 Å². The topological polar surface area (TPSA) is 71.5 Å². The third-order valence-electron chi connectivity index (χ3n) is 7.98. The highest BCUT2D eigenvalue weighted by atomic mass is 16.5. The molecule has 3 aromatic rings. The van der Waals surface area contributed by atoms with Crippen LogP contribution in [0.15, 0.2) is 72.9 Å². The Kier molecular flexibility index (Phi) is 6.60. The summed E-state index contributed by atoms with van der Waals surface area (Å²) < 4.78 is 6.18. The van der Waals surface area contributed by atoms with Crippen LogP contribution < -0.4 is 10.1 Å². The first kappa shape index (κ1) is 24.5. The van der Waals surface area contributed by atoms with Crippen LogP contribution >= 0.6 is 0 Å². The number of hydrogen-bond acceptors (Lipinski definition) is 4. The molecule has 1 amide bonds. The fraction of sp³-hybridized carbons (Fsp3) is 0.419. The van der Waals surface area contributed by atoms with Gasteiger partial charge in [0.05, 0.1) is 11.3 Å². The standard InChI is InChI=1S/C31H36N2O3/c1-21(28-6-4-5-17-32-28)36-27-15-13-25(14-16-27)31(19-22-7-10-26(31)18-22)24-11-8-23(9-12-24)29(34)33-20-30(2,3)35/h4-6,8-9,11-17,21-22,26,35H,7,10,18-20H2,1-3H3,(H,33,34)/t21?,22-,26+,31-/m1/s1. The van der Waals surface area contributed by atoms with Crippen LogP contribution in [0.3, 0.4) is 0 Å². The smallest absolute Gasteiger partial charge is 0.251 e. The minimum Gasteiger partial charge on any atom is -0.484 e. The Morgan fingerprint density at radius 2 is 1.78 bits per heavy atom. The molecule has 5 rings (SSSR count). The Morgan fingerprint density at radius 1 is 1.08 bits per heavy atom. The van der Waals surface area contributed by atoms with Gasteiger partial charge in [0.25, 0.3) is 5.91 Å². The summed E-state index contributed by atoms with van der Waals surface area (Å²) in [6.07, 6.45) is 6.64. The van der Waals surface area contributed by atoms with E-state index in [9.17, 15) is 9.90 Å². The summed E-state index contributed by atoms with van der Waals surface area (Å²) in [5.74, 6) is 2.05. The first-order valence-corrected chi connectivity index (χ1v) is 13.0. The van der Waals surface area contributed by atoms with Gasteiger partial charge in [0, 0.05) is 23.7 Å². The Hall–Kier alpha value is -3.18. The number of aromatic nitrogens is 1. The van der Waals surface area contributed by atoms with Crippen LogP contribution in [0.5, 0.6) is 5.75 Å². The van der Waals surface area contributed by atoms with E-state index in [1.54, 1.807) is 20.0 Å². The van der Waals surface area contributed by atoms with Crippen molar-refractivity contribution in [1.82, 2.24) is 10.3 Å². The lowest BCUT2D eigenvalue weighted by atomic mass is 9.64. The van der Waals surface area contributed by atoms with Gasteiger partial charge in [0.15, 0.2) is 0 Å². The van der Waals surface area contributed by atoms with Gasteiger partial charge in [-0.1, -0.05) is 36.8 Å². The van der Waals surface area contributed by atoms with Crippen LogP contribution in [0.1, 0.15) is 79.7 Å². The number of fused-ring (bicyclic) bond motifs is 2. The Morgan fingerprint density at radius 3 is 2.33 bits per heavy atom. The molecule has 2 aromatic carbocycles. The van der Waals surface area contributed by atoms with E-state index in [1.807, 2.05) is 37.3 Å². The first-order valence-electron chi connectivity index (χ1n) is 13.0. The first-order chi connectivity index (χ1) is 17.2. The molecule has 1 unspecified atom stereocenters. The minimum atomic E-state index is -0.936. The van der Waals surface area contributed by atoms with E-state index in [-0.39, 0.29) is 24.0 Å². The summed E-state index contributed by atoms with van der Waals surface area (Å²) in [7, 11) is 0. The second-order valence-corrected chi connectivity index (χ2v) is 11.2. The third-order valence-corrected chi connectivity index (χ3v) is 7.98. The molecule has 2 aliphatic carbocycles. The Bertz CT molecular complexity index is 1190. The summed E-state index contributed by atoms with van der Waals surface area (Å²) in [5, 5.41) is 12.7. The number of pyridine rings is 1. The quantitative estimate of drug-likeness (QED) is 0.422. The van der Waals surface area contributed by atoms with E-state index in [1.165, 1.54) is 30.4 Å². The largest absolute Gasteiger partial charge is 0.484 e. The normalized spacial score (nSPS) is 23.9. The van der Waals surface area contributed by atoms with Gasteiger partial charge in [-0.3, -0.25) is 9.78 Å². The van der Waals surface area contributed by atoms with Crippen molar-refractivity contribution in [3.63, 3.8) is 0 Å². The highest BCUT2D eigenvalue weighted by molar-refractivity contribution is 5.94. The van der Waals surface area contributed by atoms with Crippen molar-refractivity contribution < 1.29 is 14.6 Å². The number of benzene rings is 2. The predicted molar refractivity (Wildman–Crippen MR) is 141 cm³/mol. The number of amides is 1. The molecular weight excluding hydrogens is 448 g/mol. The molecule has 1 aromatic heterocycles. The molecule has 0 radical (unpaired) electrons. The molecule has 188 valence electrons. The molecule has 2 saturated carbocycles. The molecular formula is C31H36N2O3. The van der Waals surface area contributed by atoms with Crippen molar-refractivity contribution in [2.75, 3.05) is 6.54 Å². The zero-order valence-electron chi connectivity index (χ0n) is 21.4. The summed E-state index contributed by atoms with van der Waals surface area (Å²) in [6, 6.07) is 22.6. The van der Waals surface area contributed by atoms with Crippen LogP contribution in [0.4, 0.5) is 0 Å². The van der Waals surface area contributed by atoms with Gasteiger partial charge in [-0.15, -0.1) is 0 Å². The zero-order chi connectivity index (χ0) is 25.3. The zero-order valence-corrected chi connectivity index (χ0v) is 21.4. The van der Waals surface area contributed by atoms with E-state index in [0.717, 1.165) is 23.8 Å². The highest BCUT2D eigenvalue weighted by Crippen LogP contribution is 2.60. The maximum atomic E-state index is 12.6. The van der Waals surface area contributed by atoms with Crippen molar-refractivity contribution >= 4 is 5.91 Å². The van der Waals surface area contributed by atoms with Crippen LogP contribution in [-0.4, -0.2) is 28.1 Å². The molecule has 2 fully saturated rings. The molecule has 2 bridgehead atoms. The molecule has 0 aliphatic heterocycles. The van der Waals surface area contributed by atoms with Gasteiger partial charge in [-0.05, 0) is 99.4 Å². The molecule has 0 spiro atoms. The highest BCUT2D eigenvalue weighted by Gasteiger charge is 2.52. The number of aliphatic hydroxyl groups is 1. The van der Waals surface area contributed by atoms with Gasteiger partial charge < -0.3 is 15.2 Å². The van der Waals surface area contributed by atoms with Crippen molar-refractivity contribution in [2.24, 2.45) is 11.8 Å².